The lowest BCUT2D eigenvalue weighted by atomic mass is 9.87. The highest BCUT2D eigenvalue weighted by Crippen LogP contribution is 2.46. The van der Waals surface area contributed by atoms with Crippen LogP contribution in [-0.4, -0.2) is 37.1 Å². The molecule has 0 radical (unpaired) electrons. The summed E-state index contributed by atoms with van der Waals surface area (Å²) >= 11 is 0. The van der Waals surface area contributed by atoms with E-state index in [0.29, 0.717) is 22.9 Å². The van der Waals surface area contributed by atoms with Gasteiger partial charge in [-0.2, -0.15) is 4.99 Å². The first kappa shape index (κ1) is 18.2. The third kappa shape index (κ3) is 3.14. The Bertz CT molecular complexity index is 847. The quantitative estimate of drug-likeness (QED) is 0.721. The molecule has 1 amide bonds. The molecule has 10 nitrogen and oxygen atoms in total. The molecule has 2 heterocycles. The van der Waals surface area contributed by atoms with Crippen molar-refractivity contribution in [3.63, 3.8) is 0 Å². The Balaban J connectivity index is 1.81. The highest BCUT2D eigenvalue weighted by molar-refractivity contribution is 6.08. The van der Waals surface area contributed by atoms with Crippen LogP contribution >= 0.6 is 0 Å². The van der Waals surface area contributed by atoms with Crippen LogP contribution in [-0.2, 0) is 4.74 Å². The summed E-state index contributed by atoms with van der Waals surface area (Å²) in [7, 11) is 0. The molecule has 0 atom stereocenters. The molecule has 1 aliphatic carbocycles. The second kappa shape index (κ2) is 7.10. The molecule has 5 N–H and O–H groups in total. The molecule has 28 heavy (non-hydrogen) atoms. The number of benzene rings is 1. The molecule has 1 aromatic carbocycles. The zero-order valence-electron chi connectivity index (χ0n) is 15.7. The Kier molecular flexibility index (Phi) is 4.62. The van der Waals surface area contributed by atoms with E-state index in [1.165, 1.54) is 0 Å². The first-order valence-corrected chi connectivity index (χ1v) is 9.39. The van der Waals surface area contributed by atoms with Crippen molar-refractivity contribution in [1.29, 1.82) is 0 Å². The largest absolute Gasteiger partial charge is 0.454 e. The number of carbonyl (C=O) groups excluding carboxylic acids is 1. The van der Waals surface area contributed by atoms with Gasteiger partial charge in [-0.25, -0.2) is 9.79 Å². The lowest BCUT2D eigenvalue weighted by molar-refractivity contribution is 0.168. The summed E-state index contributed by atoms with van der Waals surface area (Å²) < 4.78 is 16.0. The number of anilines is 2. The van der Waals surface area contributed by atoms with Gasteiger partial charge in [-0.15, -0.1) is 0 Å². The van der Waals surface area contributed by atoms with E-state index in [2.05, 4.69) is 15.3 Å². The van der Waals surface area contributed by atoms with Crippen LogP contribution in [0.4, 0.5) is 16.2 Å². The normalized spacial score (nSPS) is 19.8. The molecule has 1 spiro atoms. The number of nitrogens with zero attached hydrogens (tertiary/aromatic N) is 3. The number of hydrogen-bond donors (Lipinski definition) is 3. The van der Waals surface area contributed by atoms with Crippen LogP contribution < -0.4 is 31.2 Å². The van der Waals surface area contributed by atoms with Crippen LogP contribution in [0.5, 0.6) is 11.5 Å². The van der Waals surface area contributed by atoms with Gasteiger partial charge >= 0.3 is 6.09 Å². The van der Waals surface area contributed by atoms with Crippen molar-refractivity contribution in [2.24, 2.45) is 21.5 Å². The molecular weight excluding hydrogens is 364 g/mol. The van der Waals surface area contributed by atoms with Crippen molar-refractivity contribution in [3.05, 3.63) is 12.1 Å². The summed E-state index contributed by atoms with van der Waals surface area (Å²) in [6, 6.07) is 3.47. The number of amides is 1. The fourth-order valence-corrected chi connectivity index (χ4v) is 3.96. The molecule has 0 unspecified atom stereocenters. The monoisotopic (exact) mass is 388 g/mol. The number of guanidine groups is 2. The SMILES string of the molecule is CCOC(=O)Nc1cc2c(cc1N1C(N)=NC(N)=NC13CCCCC3)OCO2. The average molecular weight is 388 g/mol. The van der Waals surface area contributed by atoms with E-state index < -0.39 is 11.8 Å². The molecule has 4 rings (SSSR count). The maximum absolute atomic E-state index is 12.1. The smallest absolute Gasteiger partial charge is 0.411 e. The second-order valence-electron chi connectivity index (χ2n) is 6.89. The Morgan fingerprint density at radius 2 is 1.96 bits per heavy atom. The maximum atomic E-state index is 12.1. The molecule has 0 saturated heterocycles. The van der Waals surface area contributed by atoms with Gasteiger partial charge < -0.3 is 25.7 Å². The summed E-state index contributed by atoms with van der Waals surface area (Å²) in [5.74, 6) is 1.48. The van der Waals surface area contributed by atoms with Crippen LogP contribution in [0.15, 0.2) is 22.1 Å². The van der Waals surface area contributed by atoms with E-state index >= 15 is 0 Å². The van der Waals surface area contributed by atoms with Gasteiger partial charge in [-0.05, 0) is 32.6 Å². The molecule has 150 valence electrons. The highest BCUT2D eigenvalue weighted by Gasteiger charge is 2.44. The van der Waals surface area contributed by atoms with Crippen molar-refractivity contribution < 1.29 is 19.0 Å². The number of nitrogens with one attached hydrogen (secondary N) is 1. The Morgan fingerprint density at radius 3 is 2.68 bits per heavy atom. The van der Waals surface area contributed by atoms with Gasteiger partial charge in [-0.3, -0.25) is 10.2 Å². The fraction of sp³-hybridized carbons (Fsp3) is 0.500. The van der Waals surface area contributed by atoms with Crippen molar-refractivity contribution in [1.82, 2.24) is 0 Å². The number of aliphatic imine (C=N–C) groups is 2. The van der Waals surface area contributed by atoms with Gasteiger partial charge in [0, 0.05) is 12.1 Å². The third-order valence-electron chi connectivity index (χ3n) is 5.10. The first-order chi connectivity index (χ1) is 13.5. The van der Waals surface area contributed by atoms with Crippen molar-refractivity contribution in [3.8, 4) is 11.5 Å². The highest BCUT2D eigenvalue weighted by atomic mass is 16.7. The Hall–Kier alpha value is -3.17. The molecule has 3 aliphatic rings. The lowest BCUT2D eigenvalue weighted by Crippen LogP contribution is -2.58. The van der Waals surface area contributed by atoms with Crippen LogP contribution in [0.25, 0.3) is 0 Å². The van der Waals surface area contributed by atoms with Crippen LogP contribution in [0.3, 0.4) is 0 Å². The van der Waals surface area contributed by atoms with Crippen molar-refractivity contribution >= 4 is 29.4 Å². The summed E-state index contributed by atoms with van der Waals surface area (Å²) in [6.07, 6.45) is 4.08. The predicted octanol–water partition coefficient (Wildman–Crippen LogP) is 2.09. The molecule has 1 fully saturated rings. The first-order valence-electron chi connectivity index (χ1n) is 9.39. The number of hydrogen-bond acceptors (Lipinski definition) is 9. The standard InChI is InChI=1S/C18H24N6O4/c1-2-26-17(25)21-11-8-13-14(28-10-27-13)9-12(11)24-16(20)22-15(19)23-18(24)6-4-3-5-7-18/h8-9H,2-7,10H2,1H3,(H,21,25)(H4,19,20,22,23). The van der Waals surface area contributed by atoms with Gasteiger partial charge in [0.25, 0.3) is 0 Å². The van der Waals surface area contributed by atoms with E-state index in [0.717, 1.165) is 32.1 Å². The van der Waals surface area contributed by atoms with Crippen LogP contribution in [0, 0.1) is 0 Å². The number of fused-ring (bicyclic) bond motifs is 1. The van der Waals surface area contributed by atoms with E-state index in [-0.39, 0.29) is 25.3 Å². The van der Waals surface area contributed by atoms with E-state index in [4.69, 9.17) is 25.7 Å². The summed E-state index contributed by atoms with van der Waals surface area (Å²) in [5.41, 5.74) is 12.7. The number of nitrogens with two attached hydrogens (primary N) is 2. The summed E-state index contributed by atoms with van der Waals surface area (Å²) in [6.45, 7) is 2.10. The number of carbonyl (C=O) groups is 1. The van der Waals surface area contributed by atoms with E-state index in [1.54, 1.807) is 19.1 Å². The molecule has 1 aromatic rings. The average Bonchev–Trinajstić information content (AvgIpc) is 3.09. The van der Waals surface area contributed by atoms with Gasteiger partial charge in [-0.1, -0.05) is 6.42 Å². The van der Waals surface area contributed by atoms with E-state index in [1.807, 2.05) is 4.90 Å². The lowest BCUT2D eigenvalue weighted by Gasteiger charge is -2.46. The minimum absolute atomic E-state index is 0.109. The fourth-order valence-electron chi connectivity index (χ4n) is 3.96. The van der Waals surface area contributed by atoms with Crippen LogP contribution in [0.1, 0.15) is 39.0 Å². The number of rotatable bonds is 3. The van der Waals surface area contributed by atoms with Gasteiger partial charge in [0.2, 0.25) is 18.7 Å². The molecule has 0 aromatic heterocycles. The molecule has 1 saturated carbocycles. The van der Waals surface area contributed by atoms with Crippen molar-refractivity contribution in [2.45, 2.75) is 44.7 Å². The molecule has 0 bridgehead atoms. The predicted molar refractivity (Wildman–Crippen MR) is 105 cm³/mol. The summed E-state index contributed by atoms with van der Waals surface area (Å²) in [4.78, 5) is 22.8. The third-order valence-corrected chi connectivity index (χ3v) is 5.10. The maximum Gasteiger partial charge on any atom is 0.411 e. The topological polar surface area (TPSA) is 137 Å². The summed E-state index contributed by atoms with van der Waals surface area (Å²) in [5, 5.41) is 2.76. The van der Waals surface area contributed by atoms with Gasteiger partial charge in [0.15, 0.2) is 11.5 Å². The minimum Gasteiger partial charge on any atom is -0.454 e. The van der Waals surface area contributed by atoms with E-state index in [9.17, 15) is 4.79 Å². The van der Waals surface area contributed by atoms with Gasteiger partial charge in [0.1, 0.15) is 5.66 Å². The Labute approximate surface area is 162 Å². The minimum atomic E-state index is -0.646. The van der Waals surface area contributed by atoms with Crippen LogP contribution in [0.2, 0.25) is 0 Å². The van der Waals surface area contributed by atoms with Crippen molar-refractivity contribution in [2.75, 3.05) is 23.6 Å². The zero-order chi connectivity index (χ0) is 19.7. The number of ether oxygens (including phenoxy) is 3. The molecule has 2 aliphatic heterocycles. The molecular formula is C18H24N6O4. The van der Waals surface area contributed by atoms with Gasteiger partial charge in [0.05, 0.1) is 18.0 Å². The molecule has 10 heteroatoms. The second-order valence-corrected chi connectivity index (χ2v) is 6.89. The Morgan fingerprint density at radius 1 is 1.25 bits per heavy atom. The zero-order valence-corrected chi connectivity index (χ0v) is 15.7.